The fraction of sp³-hybridized carbons (Fsp3) is 0.462. The highest BCUT2D eigenvalue weighted by atomic mass is 16.5. The van der Waals surface area contributed by atoms with Crippen molar-refractivity contribution in [2.24, 2.45) is 11.7 Å². The minimum Gasteiger partial charge on any atom is -0.381 e. The molecule has 1 aliphatic rings. The number of anilines is 1. The van der Waals surface area contributed by atoms with Crippen molar-refractivity contribution in [3.8, 4) is 0 Å². The van der Waals surface area contributed by atoms with Crippen LogP contribution in [0.1, 0.15) is 12.8 Å². The number of primary amides is 1. The molecule has 92 valence electrons. The summed E-state index contributed by atoms with van der Waals surface area (Å²) in [6.07, 6.45) is 1.76. The highest BCUT2D eigenvalue weighted by molar-refractivity contribution is 5.83. The summed E-state index contributed by atoms with van der Waals surface area (Å²) in [5.41, 5.74) is 6.41. The standard InChI is InChI=1S/C13H18N2O2/c14-13(16)12(10-6-8-17-9-7-10)15-11-4-2-1-3-5-11/h1-5,10,12,15H,6-9H2,(H2,14,16). The quantitative estimate of drug-likeness (QED) is 0.827. The van der Waals surface area contributed by atoms with Gasteiger partial charge >= 0.3 is 0 Å². The molecule has 1 fully saturated rings. The van der Waals surface area contributed by atoms with Gasteiger partial charge in [0, 0.05) is 18.9 Å². The summed E-state index contributed by atoms with van der Waals surface area (Å²) in [6, 6.07) is 9.39. The molecule has 3 N–H and O–H groups in total. The number of amides is 1. The molecule has 1 atom stereocenters. The predicted octanol–water partition coefficient (Wildman–Crippen LogP) is 1.38. The average molecular weight is 234 g/mol. The number of hydrogen-bond donors (Lipinski definition) is 2. The molecule has 1 heterocycles. The number of para-hydroxylation sites is 1. The Morgan fingerprint density at radius 3 is 2.53 bits per heavy atom. The largest absolute Gasteiger partial charge is 0.381 e. The van der Waals surface area contributed by atoms with Crippen molar-refractivity contribution in [1.29, 1.82) is 0 Å². The van der Waals surface area contributed by atoms with E-state index in [0.717, 1.165) is 18.5 Å². The van der Waals surface area contributed by atoms with Crippen LogP contribution in [0.25, 0.3) is 0 Å². The van der Waals surface area contributed by atoms with E-state index in [-0.39, 0.29) is 17.9 Å². The SMILES string of the molecule is NC(=O)C(Nc1ccccc1)C1CCOCC1. The lowest BCUT2D eigenvalue weighted by Gasteiger charge is -2.29. The number of ether oxygens (including phenoxy) is 1. The third-order valence-corrected chi connectivity index (χ3v) is 3.14. The van der Waals surface area contributed by atoms with Crippen molar-refractivity contribution in [1.82, 2.24) is 0 Å². The first kappa shape index (κ1) is 11.9. The lowest BCUT2D eigenvalue weighted by molar-refractivity contribution is -0.120. The molecule has 1 unspecified atom stereocenters. The van der Waals surface area contributed by atoms with E-state index in [2.05, 4.69) is 5.32 Å². The summed E-state index contributed by atoms with van der Waals surface area (Å²) in [7, 11) is 0. The van der Waals surface area contributed by atoms with E-state index >= 15 is 0 Å². The molecule has 4 nitrogen and oxygen atoms in total. The molecule has 1 saturated heterocycles. The Hall–Kier alpha value is -1.55. The minimum absolute atomic E-state index is 0.265. The van der Waals surface area contributed by atoms with Crippen molar-refractivity contribution < 1.29 is 9.53 Å². The van der Waals surface area contributed by atoms with Crippen LogP contribution in [0.3, 0.4) is 0 Å². The van der Waals surface area contributed by atoms with Gasteiger partial charge in [0.15, 0.2) is 0 Å². The summed E-state index contributed by atoms with van der Waals surface area (Å²) >= 11 is 0. The van der Waals surface area contributed by atoms with E-state index in [1.807, 2.05) is 30.3 Å². The first-order chi connectivity index (χ1) is 8.27. The number of carbonyl (C=O) groups excluding carboxylic acids is 1. The number of nitrogens with two attached hydrogens (primary N) is 1. The third kappa shape index (κ3) is 3.20. The van der Waals surface area contributed by atoms with Gasteiger partial charge in [0.2, 0.25) is 5.91 Å². The summed E-state index contributed by atoms with van der Waals surface area (Å²) in [5.74, 6) is -0.0257. The van der Waals surface area contributed by atoms with Crippen LogP contribution in [0, 0.1) is 5.92 Å². The highest BCUT2D eigenvalue weighted by Gasteiger charge is 2.28. The van der Waals surface area contributed by atoms with Crippen LogP contribution in [0.15, 0.2) is 30.3 Å². The van der Waals surface area contributed by atoms with Gasteiger partial charge in [0.05, 0.1) is 0 Å². The summed E-state index contributed by atoms with van der Waals surface area (Å²) < 4.78 is 5.30. The molecule has 0 bridgehead atoms. The number of carbonyl (C=O) groups is 1. The normalized spacial score (nSPS) is 18.6. The topological polar surface area (TPSA) is 64.4 Å². The van der Waals surface area contributed by atoms with Gasteiger partial charge < -0.3 is 15.8 Å². The number of nitrogens with one attached hydrogen (secondary N) is 1. The molecule has 4 heteroatoms. The van der Waals surface area contributed by atoms with Crippen LogP contribution in [0.2, 0.25) is 0 Å². The van der Waals surface area contributed by atoms with E-state index < -0.39 is 0 Å². The minimum atomic E-state index is -0.304. The van der Waals surface area contributed by atoms with E-state index in [0.29, 0.717) is 13.2 Å². The van der Waals surface area contributed by atoms with E-state index in [4.69, 9.17) is 10.5 Å². The molecule has 0 aromatic heterocycles. The summed E-state index contributed by atoms with van der Waals surface area (Å²) in [4.78, 5) is 11.5. The van der Waals surface area contributed by atoms with Gasteiger partial charge in [-0.05, 0) is 30.9 Å². The number of rotatable bonds is 4. The maximum atomic E-state index is 11.5. The number of benzene rings is 1. The second-order valence-electron chi connectivity index (χ2n) is 4.34. The fourth-order valence-electron chi connectivity index (χ4n) is 2.18. The average Bonchev–Trinajstić information content (AvgIpc) is 2.38. The molecular formula is C13H18N2O2. The lowest BCUT2D eigenvalue weighted by Crippen LogP contribution is -2.43. The molecule has 1 aromatic rings. The van der Waals surface area contributed by atoms with E-state index in [1.165, 1.54) is 0 Å². The van der Waals surface area contributed by atoms with Gasteiger partial charge in [0.25, 0.3) is 0 Å². The maximum absolute atomic E-state index is 11.5. The van der Waals surface area contributed by atoms with Gasteiger partial charge in [-0.25, -0.2) is 0 Å². The van der Waals surface area contributed by atoms with Gasteiger partial charge in [-0.3, -0.25) is 4.79 Å². The van der Waals surface area contributed by atoms with Crippen molar-refractivity contribution >= 4 is 11.6 Å². The zero-order valence-electron chi connectivity index (χ0n) is 9.76. The lowest BCUT2D eigenvalue weighted by atomic mass is 9.91. The van der Waals surface area contributed by atoms with Crippen molar-refractivity contribution in [3.05, 3.63) is 30.3 Å². The van der Waals surface area contributed by atoms with Crippen molar-refractivity contribution in [2.45, 2.75) is 18.9 Å². The van der Waals surface area contributed by atoms with Crippen LogP contribution in [0.5, 0.6) is 0 Å². The second kappa shape index (κ2) is 5.68. The fourth-order valence-corrected chi connectivity index (χ4v) is 2.18. The Labute approximate surface area is 101 Å². The first-order valence-electron chi connectivity index (χ1n) is 5.96. The Morgan fingerprint density at radius 1 is 1.29 bits per heavy atom. The first-order valence-corrected chi connectivity index (χ1v) is 5.96. The Balaban J connectivity index is 2.04. The summed E-state index contributed by atoms with van der Waals surface area (Å²) in [6.45, 7) is 1.43. The third-order valence-electron chi connectivity index (χ3n) is 3.14. The van der Waals surface area contributed by atoms with E-state index in [1.54, 1.807) is 0 Å². The molecule has 0 aliphatic carbocycles. The van der Waals surface area contributed by atoms with Crippen LogP contribution in [-0.4, -0.2) is 25.2 Å². The van der Waals surface area contributed by atoms with Crippen LogP contribution in [-0.2, 0) is 9.53 Å². The maximum Gasteiger partial charge on any atom is 0.240 e. The molecule has 1 aromatic carbocycles. The van der Waals surface area contributed by atoms with Gasteiger partial charge in [-0.15, -0.1) is 0 Å². The molecule has 17 heavy (non-hydrogen) atoms. The smallest absolute Gasteiger partial charge is 0.240 e. The monoisotopic (exact) mass is 234 g/mol. The summed E-state index contributed by atoms with van der Waals surface area (Å²) in [5, 5.41) is 3.22. The van der Waals surface area contributed by atoms with Gasteiger partial charge in [-0.2, -0.15) is 0 Å². The Kier molecular flexibility index (Phi) is 3.98. The molecule has 1 aliphatic heterocycles. The highest BCUT2D eigenvalue weighted by Crippen LogP contribution is 2.21. The number of hydrogen-bond acceptors (Lipinski definition) is 3. The van der Waals surface area contributed by atoms with Gasteiger partial charge in [0.1, 0.15) is 6.04 Å². The van der Waals surface area contributed by atoms with Crippen molar-refractivity contribution in [3.63, 3.8) is 0 Å². The molecule has 0 radical (unpaired) electrons. The van der Waals surface area contributed by atoms with Crippen LogP contribution < -0.4 is 11.1 Å². The predicted molar refractivity (Wildman–Crippen MR) is 66.6 cm³/mol. The molecular weight excluding hydrogens is 216 g/mol. The van der Waals surface area contributed by atoms with E-state index in [9.17, 15) is 4.79 Å². The molecule has 0 spiro atoms. The zero-order valence-corrected chi connectivity index (χ0v) is 9.76. The van der Waals surface area contributed by atoms with Crippen LogP contribution in [0.4, 0.5) is 5.69 Å². The second-order valence-corrected chi connectivity index (χ2v) is 4.34. The zero-order chi connectivity index (χ0) is 12.1. The van der Waals surface area contributed by atoms with Crippen molar-refractivity contribution in [2.75, 3.05) is 18.5 Å². The molecule has 0 saturated carbocycles. The van der Waals surface area contributed by atoms with Gasteiger partial charge in [-0.1, -0.05) is 18.2 Å². The Morgan fingerprint density at radius 2 is 1.94 bits per heavy atom. The molecule has 1 amide bonds. The molecule has 2 rings (SSSR count). The Bertz CT molecular complexity index is 361. The van der Waals surface area contributed by atoms with Crippen LogP contribution >= 0.6 is 0 Å².